The van der Waals surface area contributed by atoms with Crippen molar-refractivity contribution in [1.29, 1.82) is 0 Å². The summed E-state index contributed by atoms with van der Waals surface area (Å²) in [5.41, 5.74) is 2.49. The fourth-order valence-electron chi connectivity index (χ4n) is 4.07. The van der Waals surface area contributed by atoms with Crippen molar-refractivity contribution < 1.29 is 19.2 Å². The number of non-ortho nitro benzene ring substituents is 1. The van der Waals surface area contributed by atoms with Crippen LogP contribution in [0.5, 0.6) is 0 Å². The van der Waals surface area contributed by atoms with E-state index < -0.39 is 16.8 Å². The van der Waals surface area contributed by atoms with Crippen LogP contribution in [0.2, 0.25) is 0 Å². The topological polar surface area (TPSA) is 98.5 Å². The van der Waals surface area contributed by atoms with Crippen molar-refractivity contribution in [3.8, 4) is 0 Å². The number of ether oxygens (including phenoxy) is 1. The SMILES string of the molecule is CCOC(=O)C1=C(C)NC2=C(C(=O)CC(C)(C)C2)C1c1cccc([N+](=O)[O-])c1. The second kappa shape index (κ2) is 7.22. The number of esters is 1. The summed E-state index contributed by atoms with van der Waals surface area (Å²) in [5.74, 6) is -1.25. The van der Waals surface area contributed by atoms with E-state index in [1.54, 1.807) is 26.0 Å². The molecular formula is C21H24N2O5. The first-order valence-electron chi connectivity index (χ1n) is 9.30. The molecule has 0 radical (unpaired) electrons. The molecule has 148 valence electrons. The monoisotopic (exact) mass is 384 g/mol. The molecule has 1 aromatic rings. The Morgan fingerprint density at radius 2 is 2.07 bits per heavy atom. The van der Waals surface area contributed by atoms with E-state index in [9.17, 15) is 19.7 Å². The number of nitro groups is 1. The van der Waals surface area contributed by atoms with Gasteiger partial charge in [0.15, 0.2) is 5.78 Å². The predicted molar refractivity (Wildman–Crippen MR) is 103 cm³/mol. The Hall–Kier alpha value is -2.96. The number of allylic oxidation sites excluding steroid dienone is 3. The Kier molecular flexibility index (Phi) is 5.10. The summed E-state index contributed by atoms with van der Waals surface area (Å²) in [5, 5.41) is 14.5. The van der Waals surface area contributed by atoms with Crippen molar-refractivity contribution in [2.75, 3.05) is 6.61 Å². The van der Waals surface area contributed by atoms with Gasteiger partial charge in [-0.15, -0.1) is 0 Å². The number of ketones is 1. The first-order chi connectivity index (χ1) is 13.1. The van der Waals surface area contributed by atoms with Crippen molar-refractivity contribution in [1.82, 2.24) is 5.32 Å². The van der Waals surface area contributed by atoms with E-state index >= 15 is 0 Å². The van der Waals surface area contributed by atoms with Crippen molar-refractivity contribution in [3.05, 3.63) is 62.5 Å². The smallest absolute Gasteiger partial charge is 0.336 e. The Morgan fingerprint density at radius 1 is 1.36 bits per heavy atom. The molecule has 1 aliphatic heterocycles. The minimum atomic E-state index is -0.682. The molecule has 7 heteroatoms. The van der Waals surface area contributed by atoms with Crippen LogP contribution in [0.1, 0.15) is 52.0 Å². The van der Waals surface area contributed by atoms with Crippen molar-refractivity contribution in [2.24, 2.45) is 5.41 Å². The Balaban J connectivity index is 2.21. The van der Waals surface area contributed by atoms with Crippen LogP contribution in [0.25, 0.3) is 0 Å². The van der Waals surface area contributed by atoms with E-state index in [1.807, 2.05) is 13.8 Å². The highest BCUT2D eigenvalue weighted by molar-refractivity contribution is 6.04. The summed E-state index contributed by atoms with van der Waals surface area (Å²) >= 11 is 0. The third-order valence-corrected chi connectivity index (χ3v) is 5.15. The van der Waals surface area contributed by atoms with Gasteiger partial charge in [-0.25, -0.2) is 4.79 Å². The molecule has 0 saturated heterocycles. The fourth-order valence-corrected chi connectivity index (χ4v) is 4.07. The average molecular weight is 384 g/mol. The zero-order valence-electron chi connectivity index (χ0n) is 16.5. The molecule has 1 N–H and O–H groups in total. The number of carbonyl (C=O) groups excluding carboxylic acids is 2. The molecule has 0 aromatic heterocycles. The number of hydrogen-bond donors (Lipinski definition) is 1. The number of nitrogens with one attached hydrogen (secondary N) is 1. The van der Waals surface area contributed by atoms with Gasteiger partial charge in [-0.2, -0.15) is 0 Å². The molecule has 1 heterocycles. The van der Waals surface area contributed by atoms with Crippen LogP contribution in [-0.2, 0) is 14.3 Å². The number of nitro benzene ring substituents is 1. The van der Waals surface area contributed by atoms with Gasteiger partial charge < -0.3 is 10.1 Å². The molecule has 0 spiro atoms. The third-order valence-electron chi connectivity index (χ3n) is 5.15. The normalized spacial score (nSPS) is 21.1. The average Bonchev–Trinajstić information content (AvgIpc) is 2.59. The van der Waals surface area contributed by atoms with Crippen LogP contribution >= 0.6 is 0 Å². The number of Topliss-reactive ketones (excluding diaryl/α,β-unsaturated/α-hetero) is 1. The summed E-state index contributed by atoms with van der Waals surface area (Å²) in [7, 11) is 0. The molecule has 2 aliphatic rings. The number of hydrogen-bond acceptors (Lipinski definition) is 6. The minimum Gasteiger partial charge on any atom is -0.463 e. The number of rotatable bonds is 4. The number of carbonyl (C=O) groups is 2. The van der Waals surface area contributed by atoms with Crippen molar-refractivity contribution in [2.45, 2.75) is 46.5 Å². The maximum atomic E-state index is 13.1. The van der Waals surface area contributed by atoms with Crippen LogP contribution in [0.3, 0.4) is 0 Å². The first kappa shape index (κ1) is 19.8. The van der Waals surface area contributed by atoms with Gasteiger partial charge in [0, 0.05) is 41.4 Å². The summed E-state index contributed by atoms with van der Waals surface area (Å²) in [6.07, 6.45) is 1.01. The highest BCUT2D eigenvalue weighted by Gasteiger charge is 2.43. The van der Waals surface area contributed by atoms with Crippen LogP contribution in [0.15, 0.2) is 46.8 Å². The molecule has 1 atom stereocenters. The lowest BCUT2D eigenvalue weighted by molar-refractivity contribution is -0.384. The van der Waals surface area contributed by atoms with E-state index in [2.05, 4.69) is 5.32 Å². The lowest BCUT2D eigenvalue weighted by Gasteiger charge is -2.39. The summed E-state index contributed by atoms with van der Waals surface area (Å²) < 4.78 is 5.23. The molecule has 3 rings (SSSR count). The fraction of sp³-hybridized carbons (Fsp3) is 0.429. The molecule has 28 heavy (non-hydrogen) atoms. The molecular weight excluding hydrogens is 360 g/mol. The summed E-state index contributed by atoms with van der Waals surface area (Å²) in [6, 6.07) is 6.12. The molecule has 1 aliphatic carbocycles. The Labute approximate surface area is 163 Å². The molecule has 1 aromatic carbocycles. The number of nitrogens with zero attached hydrogens (tertiary/aromatic N) is 1. The number of dihydropyridines is 1. The van der Waals surface area contributed by atoms with Gasteiger partial charge in [0.1, 0.15) is 0 Å². The van der Waals surface area contributed by atoms with Gasteiger partial charge in [-0.05, 0) is 31.2 Å². The molecule has 0 amide bonds. The van der Waals surface area contributed by atoms with E-state index in [4.69, 9.17) is 4.74 Å². The molecule has 0 bridgehead atoms. The lowest BCUT2D eigenvalue weighted by atomic mass is 9.68. The molecule has 7 nitrogen and oxygen atoms in total. The van der Waals surface area contributed by atoms with Gasteiger partial charge in [-0.1, -0.05) is 26.0 Å². The van der Waals surface area contributed by atoms with E-state index in [-0.39, 0.29) is 23.5 Å². The highest BCUT2D eigenvalue weighted by atomic mass is 16.6. The van der Waals surface area contributed by atoms with Gasteiger partial charge in [0.25, 0.3) is 5.69 Å². The maximum absolute atomic E-state index is 13.1. The molecule has 0 saturated carbocycles. The predicted octanol–water partition coefficient (Wildman–Crippen LogP) is 3.76. The minimum absolute atomic E-state index is 0.0513. The van der Waals surface area contributed by atoms with Gasteiger partial charge in [0.05, 0.1) is 17.1 Å². The van der Waals surface area contributed by atoms with Crippen molar-refractivity contribution in [3.63, 3.8) is 0 Å². The van der Waals surface area contributed by atoms with E-state index in [0.29, 0.717) is 35.2 Å². The first-order valence-corrected chi connectivity index (χ1v) is 9.30. The van der Waals surface area contributed by atoms with Crippen LogP contribution in [0.4, 0.5) is 5.69 Å². The second-order valence-electron chi connectivity index (χ2n) is 8.00. The highest BCUT2D eigenvalue weighted by Crippen LogP contribution is 2.47. The zero-order valence-corrected chi connectivity index (χ0v) is 16.5. The van der Waals surface area contributed by atoms with Gasteiger partial charge in [0.2, 0.25) is 0 Å². The van der Waals surface area contributed by atoms with Gasteiger partial charge >= 0.3 is 5.97 Å². The largest absolute Gasteiger partial charge is 0.463 e. The van der Waals surface area contributed by atoms with E-state index in [1.165, 1.54) is 12.1 Å². The van der Waals surface area contributed by atoms with Crippen LogP contribution in [-0.4, -0.2) is 23.3 Å². The zero-order chi connectivity index (χ0) is 20.6. The Morgan fingerprint density at radius 3 is 2.71 bits per heavy atom. The van der Waals surface area contributed by atoms with Crippen LogP contribution in [0, 0.1) is 15.5 Å². The van der Waals surface area contributed by atoms with Crippen molar-refractivity contribution >= 4 is 17.4 Å². The van der Waals surface area contributed by atoms with Crippen LogP contribution < -0.4 is 5.32 Å². The van der Waals surface area contributed by atoms with Gasteiger partial charge in [-0.3, -0.25) is 14.9 Å². The van der Waals surface area contributed by atoms with E-state index in [0.717, 1.165) is 5.70 Å². The number of benzene rings is 1. The Bertz CT molecular complexity index is 926. The summed E-state index contributed by atoms with van der Waals surface area (Å²) in [6.45, 7) is 7.74. The second-order valence-corrected chi connectivity index (χ2v) is 8.00. The standard InChI is InChI=1S/C21H24N2O5/c1-5-28-20(25)17-12(2)22-15-10-21(3,4)11-16(24)19(15)18(17)13-7-6-8-14(9-13)23(26)27/h6-9,18,22H,5,10-11H2,1-4H3. The lowest BCUT2D eigenvalue weighted by Crippen LogP contribution is -2.38. The molecule has 0 fully saturated rings. The molecule has 1 unspecified atom stereocenters. The maximum Gasteiger partial charge on any atom is 0.336 e. The summed E-state index contributed by atoms with van der Waals surface area (Å²) in [4.78, 5) is 36.6. The quantitative estimate of drug-likeness (QED) is 0.482. The third kappa shape index (κ3) is 3.56.